The molecule has 0 heterocycles. The number of hydrogen-bond donors (Lipinski definition) is 2. The van der Waals surface area contributed by atoms with Crippen molar-refractivity contribution >= 4 is 12.0 Å². The Kier molecular flexibility index (Phi) is 8.08. The molecule has 0 aliphatic heterocycles. The van der Waals surface area contributed by atoms with E-state index in [2.05, 4.69) is 64.2 Å². The number of ether oxygens (including phenoxy) is 1. The topological polar surface area (TPSA) is 41.5 Å². The summed E-state index contributed by atoms with van der Waals surface area (Å²) in [6, 6.07) is 8.83. The molecule has 0 fully saturated rings. The van der Waals surface area contributed by atoms with Crippen molar-refractivity contribution < 1.29 is 9.29 Å². The lowest BCUT2D eigenvalue weighted by molar-refractivity contribution is 0.0314. The van der Waals surface area contributed by atoms with Gasteiger partial charge in [0.15, 0.2) is 0 Å². The van der Waals surface area contributed by atoms with Crippen LogP contribution in [0.5, 0.6) is 0 Å². The first-order valence-electron chi connectivity index (χ1n) is 8.43. The fourth-order valence-corrected chi connectivity index (χ4v) is 3.07. The summed E-state index contributed by atoms with van der Waals surface area (Å²) in [5.41, 5.74) is 2.59. The summed E-state index contributed by atoms with van der Waals surface area (Å²) in [6.07, 6.45) is 2.05. The molecule has 0 saturated heterocycles. The van der Waals surface area contributed by atoms with Crippen molar-refractivity contribution in [2.75, 3.05) is 19.4 Å². The molecular formula is C19H33NO2S. The average Bonchev–Trinajstić information content (AvgIpc) is 2.52. The van der Waals surface area contributed by atoms with Crippen LogP contribution < -0.4 is 5.32 Å². The maximum absolute atomic E-state index is 8.81. The third kappa shape index (κ3) is 5.79. The molecular weight excluding hydrogens is 306 g/mol. The van der Waals surface area contributed by atoms with Crippen molar-refractivity contribution in [3.8, 4) is 0 Å². The molecule has 1 aromatic rings. The van der Waals surface area contributed by atoms with Crippen molar-refractivity contribution in [2.45, 2.75) is 64.5 Å². The Hall–Kier alpha value is -0.550. The standard InChI is InChI=1S/C19H33NO2S/c1-7-18(2,3)16-11-9-15(10-12-16)17(22-6)19(4,5)20-13-8-14-23-21/h9-12,17,20-21H,7-8,13-14H2,1-6H3. The minimum absolute atomic E-state index is 0.0110. The summed E-state index contributed by atoms with van der Waals surface area (Å²) in [6.45, 7) is 12.0. The van der Waals surface area contributed by atoms with Gasteiger partial charge in [0, 0.05) is 18.4 Å². The van der Waals surface area contributed by atoms with Crippen LogP contribution >= 0.6 is 12.0 Å². The normalized spacial score (nSPS) is 14.0. The predicted octanol–water partition coefficient (Wildman–Crippen LogP) is 5.03. The van der Waals surface area contributed by atoms with Crippen molar-refractivity contribution in [2.24, 2.45) is 0 Å². The second kappa shape index (κ2) is 9.07. The number of benzene rings is 1. The van der Waals surface area contributed by atoms with E-state index in [-0.39, 0.29) is 17.1 Å². The zero-order valence-electron chi connectivity index (χ0n) is 15.5. The summed E-state index contributed by atoms with van der Waals surface area (Å²) < 4.78 is 14.6. The monoisotopic (exact) mass is 339 g/mol. The summed E-state index contributed by atoms with van der Waals surface area (Å²) >= 11 is 0.897. The Morgan fingerprint density at radius 3 is 2.26 bits per heavy atom. The van der Waals surface area contributed by atoms with E-state index in [0.717, 1.165) is 37.2 Å². The molecule has 1 aromatic carbocycles. The van der Waals surface area contributed by atoms with Gasteiger partial charge < -0.3 is 14.6 Å². The molecule has 1 unspecified atom stereocenters. The van der Waals surface area contributed by atoms with Gasteiger partial charge in [-0.25, -0.2) is 0 Å². The number of rotatable bonds is 10. The molecule has 3 nitrogen and oxygen atoms in total. The second-order valence-electron chi connectivity index (χ2n) is 7.31. The van der Waals surface area contributed by atoms with Crippen LogP contribution in [-0.4, -0.2) is 29.5 Å². The van der Waals surface area contributed by atoms with Crippen molar-refractivity contribution in [3.05, 3.63) is 35.4 Å². The predicted molar refractivity (Wildman–Crippen MR) is 101 cm³/mol. The van der Waals surface area contributed by atoms with Crippen LogP contribution in [-0.2, 0) is 10.2 Å². The summed E-state index contributed by atoms with van der Waals surface area (Å²) in [4.78, 5) is 0. The van der Waals surface area contributed by atoms with Gasteiger partial charge in [0.2, 0.25) is 0 Å². The van der Waals surface area contributed by atoms with Gasteiger partial charge in [-0.15, -0.1) is 0 Å². The maximum atomic E-state index is 8.81. The largest absolute Gasteiger partial charge is 0.375 e. The van der Waals surface area contributed by atoms with Gasteiger partial charge in [-0.05, 0) is 61.8 Å². The van der Waals surface area contributed by atoms with Gasteiger partial charge >= 0.3 is 0 Å². The van der Waals surface area contributed by atoms with Crippen LogP contribution in [0.2, 0.25) is 0 Å². The molecule has 0 aliphatic rings. The second-order valence-corrected chi connectivity index (χ2v) is 7.98. The van der Waals surface area contributed by atoms with Crippen LogP contribution in [0.4, 0.5) is 0 Å². The van der Waals surface area contributed by atoms with E-state index < -0.39 is 0 Å². The highest BCUT2D eigenvalue weighted by molar-refractivity contribution is 7.93. The molecule has 0 spiro atoms. The fraction of sp³-hybridized carbons (Fsp3) is 0.684. The minimum Gasteiger partial charge on any atom is -0.375 e. The third-order valence-electron chi connectivity index (χ3n) is 4.76. The maximum Gasteiger partial charge on any atom is 0.0997 e. The Bertz CT molecular complexity index is 457. The van der Waals surface area contributed by atoms with E-state index in [9.17, 15) is 0 Å². The van der Waals surface area contributed by atoms with E-state index in [1.165, 1.54) is 11.1 Å². The quantitative estimate of drug-likeness (QED) is 0.463. The average molecular weight is 340 g/mol. The molecule has 132 valence electrons. The molecule has 2 N–H and O–H groups in total. The summed E-state index contributed by atoms with van der Waals surface area (Å²) in [5, 5.41) is 3.55. The smallest absolute Gasteiger partial charge is 0.0997 e. The lowest BCUT2D eigenvalue weighted by Gasteiger charge is -2.35. The number of nitrogens with one attached hydrogen (secondary N) is 1. The van der Waals surface area contributed by atoms with E-state index in [1.54, 1.807) is 7.11 Å². The van der Waals surface area contributed by atoms with E-state index in [4.69, 9.17) is 9.29 Å². The van der Waals surface area contributed by atoms with Crippen LogP contribution in [0.3, 0.4) is 0 Å². The Morgan fingerprint density at radius 2 is 1.78 bits per heavy atom. The van der Waals surface area contributed by atoms with Crippen LogP contribution in [0.15, 0.2) is 24.3 Å². The molecule has 0 aromatic heterocycles. The van der Waals surface area contributed by atoms with Gasteiger partial charge in [-0.2, -0.15) is 0 Å². The van der Waals surface area contributed by atoms with Gasteiger partial charge in [0.05, 0.1) is 6.10 Å². The van der Waals surface area contributed by atoms with Gasteiger partial charge in [0.25, 0.3) is 0 Å². The van der Waals surface area contributed by atoms with Gasteiger partial charge in [-0.1, -0.05) is 45.0 Å². The molecule has 23 heavy (non-hydrogen) atoms. The molecule has 0 amide bonds. The minimum atomic E-state index is -0.170. The lowest BCUT2D eigenvalue weighted by Crippen LogP contribution is -2.46. The Balaban J connectivity index is 2.84. The van der Waals surface area contributed by atoms with Crippen LogP contribution in [0.25, 0.3) is 0 Å². The molecule has 0 radical (unpaired) electrons. The van der Waals surface area contributed by atoms with Crippen LogP contribution in [0.1, 0.15) is 64.7 Å². The van der Waals surface area contributed by atoms with Gasteiger partial charge in [-0.3, -0.25) is 0 Å². The molecule has 1 rings (SSSR count). The molecule has 0 bridgehead atoms. The van der Waals surface area contributed by atoms with E-state index in [1.807, 2.05) is 0 Å². The first kappa shape index (κ1) is 20.5. The summed E-state index contributed by atoms with van der Waals surface area (Å²) in [7, 11) is 1.77. The molecule has 4 heteroatoms. The first-order valence-corrected chi connectivity index (χ1v) is 9.37. The highest BCUT2D eigenvalue weighted by atomic mass is 32.2. The highest BCUT2D eigenvalue weighted by Crippen LogP contribution is 2.32. The van der Waals surface area contributed by atoms with Crippen molar-refractivity contribution in [3.63, 3.8) is 0 Å². The lowest BCUT2D eigenvalue weighted by atomic mass is 9.81. The number of methoxy groups -OCH3 is 1. The number of hydrogen-bond acceptors (Lipinski definition) is 4. The Labute approximate surface area is 146 Å². The van der Waals surface area contributed by atoms with Crippen LogP contribution in [0, 0.1) is 0 Å². The highest BCUT2D eigenvalue weighted by Gasteiger charge is 2.30. The van der Waals surface area contributed by atoms with Gasteiger partial charge in [0.1, 0.15) is 0 Å². The zero-order valence-corrected chi connectivity index (χ0v) is 16.3. The zero-order chi connectivity index (χ0) is 17.5. The SMILES string of the molecule is CCC(C)(C)c1ccc(C(OC)C(C)(C)NCCCSO)cc1. The summed E-state index contributed by atoms with van der Waals surface area (Å²) in [5.74, 6) is 0.752. The Morgan fingerprint density at radius 1 is 1.17 bits per heavy atom. The van der Waals surface area contributed by atoms with E-state index >= 15 is 0 Å². The van der Waals surface area contributed by atoms with E-state index in [0.29, 0.717) is 0 Å². The third-order valence-corrected chi connectivity index (χ3v) is 5.23. The first-order chi connectivity index (χ1) is 10.8. The molecule has 1 atom stereocenters. The molecule has 0 aliphatic carbocycles. The fourth-order valence-electron chi connectivity index (χ4n) is 2.80. The molecule has 0 saturated carbocycles. The van der Waals surface area contributed by atoms with Crippen molar-refractivity contribution in [1.29, 1.82) is 0 Å². The van der Waals surface area contributed by atoms with Crippen molar-refractivity contribution in [1.82, 2.24) is 5.32 Å².